The predicted octanol–water partition coefficient (Wildman–Crippen LogP) is 2.74. The lowest BCUT2D eigenvalue weighted by Crippen LogP contribution is -2.29. The van der Waals surface area contributed by atoms with Gasteiger partial charge in [-0.1, -0.05) is 0 Å². The number of methoxy groups -OCH3 is 1. The minimum absolute atomic E-state index is 0.0520. The summed E-state index contributed by atoms with van der Waals surface area (Å²) in [4.78, 5) is 17.6. The van der Waals surface area contributed by atoms with Crippen LogP contribution in [0, 0.1) is 32.6 Å². The average molecular weight is 299 g/mol. The monoisotopic (exact) mass is 299 g/mol. The fourth-order valence-electron chi connectivity index (χ4n) is 4.68. The van der Waals surface area contributed by atoms with Crippen LogP contribution in [0.2, 0.25) is 0 Å². The predicted molar refractivity (Wildman–Crippen MR) is 82.3 cm³/mol. The molecule has 4 heteroatoms. The van der Waals surface area contributed by atoms with Crippen LogP contribution in [0.15, 0.2) is 11.8 Å². The number of carbonyl (C=O) groups excluding carboxylic acids is 1. The Morgan fingerprint density at radius 3 is 2.50 bits per heavy atom. The van der Waals surface area contributed by atoms with Crippen molar-refractivity contribution in [2.24, 2.45) is 11.8 Å². The van der Waals surface area contributed by atoms with Crippen LogP contribution in [0.3, 0.4) is 0 Å². The van der Waals surface area contributed by atoms with Crippen LogP contribution in [0.4, 0.5) is 0 Å². The van der Waals surface area contributed by atoms with E-state index in [9.17, 15) is 4.79 Å². The molecule has 0 aromatic carbocycles. The SMILES string of the molecule is COC1=C(c2c(C)cc(C)nc2C)C(=O)[C@H]2[C@@H]1[C@@H]1CC[C@H]2O1. The van der Waals surface area contributed by atoms with Gasteiger partial charge in [0.15, 0.2) is 5.78 Å². The van der Waals surface area contributed by atoms with Gasteiger partial charge in [-0.25, -0.2) is 0 Å². The Bertz CT molecular complexity index is 683. The van der Waals surface area contributed by atoms with E-state index >= 15 is 0 Å². The van der Waals surface area contributed by atoms with Crippen LogP contribution < -0.4 is 0 Å². The molecular weight excluding hydrogens is 278 g/mol. The number of nitrogens with zero attached hydrogens (tertiary/aromatic N) is 1. The van der Waals surface area contributed by atoms with Gasteiger partial charge in [0.05, 0.1) is 36.7 Å². The van der Waals surface area contributed by atoms with Gasteiger partial charge >= 0.3 is 0 Å². The molecule has 0 N–H and O–H groups in total. The normalized spacial score (nSPS) is 32.8. The van der Waals surface area contributed by atoms with E-state index in [1.807, 2.05) is 26.8 Å². The summed E-state index contributed by atoms with van der Waals surface area (Å²) in [6, 6.07) is 2.04. The van der Waals surface area contributed by atoms with Gasteiger partial charge in [0.25, 0.3) is 0 Å². The molecule has 2 bridgehead atoms. The summed E-state index contributed by atoms with van der Waals surface area (Å²) in [7, 11) is 1.67. The first kappa shape index (κ1) is 13.9. The second-order valence-electron chi connectivity index (χ2n) is 6.69. The van der Waals surface area contributed by atoms with E-state index in [-0.39, 0.29) is 29.8 Å². The molecule has 0 amide bonds. The minimum Gasteiger partial charge on any atom is -0.500 e. The number of carbonyl (C=O) groups is 1. The van der Waals surface area contributed by atoms with Crippen molar-refractivity contribution in [3.63, 3.8) is 0 Å². The Kier molecular flexibility index (Phi) is 2.95. The Labute approximate surface area is 130 Å². The molecule has 2 aliphatic heterocycles. The number of fused-ring (bicyclic) bond motifs is 5. The summed E-state index contributed by atoms with van der Waals surface area (Å²) >= 11 is 0. The summed E-state index contributed by atoms with van der Waals surface area (Å²) in [5.74, 6) is 1.06. The summed E-state index contributed by atoms with van der Waals surface area (Å²) in [6.45, 7) is 6.00. The molecule has 1 aromatic rings. The molecular formula is C18H21NO3. The second kappa shape index (κ2) is 4.66. The Balaban J connectivity index is 1.90. The summed E-state index contributed by atoms with van der Waals surface area (Å²) in [5.41, 5.74) is 4.69. The molecule has 0 spiro atoms. The van der Waals surface area contributed by atoms with E-state index in [1.165, 1.54) is 0 Å². The van der Waals surface area contributed by atoms with Gasteiger partial charge in [0.2, 0.25) is 0 Å². The molecule has 0 unspecified atom stereocenters. The van der Waals surface area contributed by atoms with Crippen molar-refractivity contribution >= 4 is 11.4 Å². The third-order valence-electron chi connectivity index (χ3n) is 5.37. The molecule has 2 fully saturated rings. The van der Waals surface area contributed by atoms with Crippen molar-refractivity contribution in [2.45, 2.75) is 45.8 Å². The highest BCUT2D eigenvalue weighted by molar-refractivity contribution is 6.25. The molecule has 2 saturated heterocycles. The number of ether oxygens (including phenoxy) is 2. The number of hydrogen-bond donors (Lipinski definition) is 0. The van der Waals surface area contributed by atoms with Crippen LogP contribution in [-0.4, -0.2) is 30.1 Å². The lowest BCUT2D eigenvalue weighted by molar-refractivity contribution is -0.118. The number of allylic oxidation sites excluding steroid dienone is 1. The molecule has 0 saturated carbocycles. The van der Waals surface area contributed by atoms with Crippen molar-refractivity contribution in [3.05, 3.63) is 34.3 Å². The van der Waals surface area contributed by atoms with Gasteiger partial charge < -0.3 is 9.47 Å². The molecule has 4 rings (SSSR count). The standard InChI is InChI=1S/C18H21NO3/c1-8-7-9(2)19-10(3)13(8)16-17(20)14-11-5-6-12(22-11)15(14)18(16)21-4/h7,11-12,14-15H,5-6H2,1-4H3/t11-,12+,14-,15+/m1/s1. The number of ketones is 1. The maximum absolute atomic E-state index is 13.1. The summed E-state index contributed by atoms with van der Waals surface area (Å²) in [6.07, 6.45) is 2.24. The highest BCUT2D eigenvalue weighted by Gasteiger charge is 2.59. The topological polar surface area (TPSA) is 48.4 Å². The van der Waals surface area contributed by atoms with E-state index in [2.05, 4.69) is 4.98 Å². The second-order valence-corrected chi connectivity index (χ2v) is 6.69. The number of aryl methyl sites for hydroxylation is 3. The van der Waals surface area contributed by atoms with Crippen LogP contribution in [0.25, 0.3) is 5.57 Å². The quantitative estimate of drug-likeness (QED) is 0.842. The molecule has 4 atom stereocenters. The lowest BCUT2D eigenvalue weighted by Gasteiger charge is -2.21. The smallest absolute Gasteiger partial charge is 0.173 e. The largest absolute Gasteiger partial charge is 0.500 e. The van der Waals surface area contributed by atoms with Crippen molar-refractivity contribution < 1.29 is 14.3 Å². The van der Waals surface area contributed by atoms with Crippen molar-refractivity contribution in [2.75, 3.05) is 7.11 Å². The fourth-order valence-corrected chi connectivity index (χ4v) is 4.68. The van der Waals surface area contributed by atoms with Gasteiger partial charge in [-0.15, -0.1) is 0 Å². The molecule has 1 aliphatic carbocycles. The van der Waals surface area contributed by atoms with Gasteiger partial charge in [-0.2, -0.15) is 0 Å². The number of pyridine rings is 1. The number of Topliss-reactive ketones (excluding diaryl/α,β-unsaturated/α-hetero) is 1. The number of hydrogen-bond acceptors (Lipinski definition) is 4. The van der Waals surface area contributed by atoms with E-state index in [0.29, 0.717) is 0 Å². The average Bonchev–Trinajstić information content (AvgIpc) is 3.11. The molecule has 22 heavy (non-hydrogen) atoms. The number of aromatic nitrogens is 1. The van der Waals surface area contributed by atoms with Crippen molar-refractivity contribution in [1.29, 1.82) is 0 Å². The van der Waals surface area contributed by atoms with Crippen molar-refractivity contribution in [1.82, 2.24) is 4.98 Å². The van der Waals surface area contributed by atoms with Gasteiger partial charge in [0, 0.05) is 17.0 Å². The lowest BCUT2D eigenvalue weighted by atomic mass is 9.80. The molecule has 4 nitrogen and oxygen atoms in total. The molecule has 3 heterocycles. The van der Waals surface area contributed by atoms with Crippen LogP contribution in [0.1, 0.15) is 35.4 Å². The maximum Gasteiger partial charge on any atom is 0.173 e. The van der Waals surface area contributed by atoms with Gasteiger partial charge in [-0.3, -0.25) is 9.78 Å². The third kappa shape index (κ3) is 1.67. The van der Waals surface area contributed by atoms with Gasteiger partial charge in [-0.05, 0) is 45.2 Å². The summed E-state index contributed by atoms with van der Waals surface area (Å²) < 4.78 is 11.7. The number of rotatable bonds is 2. The van der Waals surface area contributed by atoms with E-state index in [0.717, 1.165) is 46.7 Å². The first-order chi connectivity index (χ1) is 10.5. The first-order valence-corrected chi connectivity index (χ1v) is 7.96. The zero-order valence-corrected chi connectivity index (χ0v) is 13.5. The summed E-state index contributed by atoms with van der Waals surface area (Å²) in [5, 5.41) is 0. The van der Waals surface area contributed by atoms with Crippen LogP contribution >= 0.6 is 0 Å². The minimum atomic E-state index is -0.0520. The molecule has 116 valence electrons. The van der Waals surface area contributed by atoms with Gasteiger partial charge in [0.1, 0.15) is 5.76 Å². The van der Waals surface area contributed by atoms with E-state index in [1.54, 1.807) is 7.11 Å². The Hall–Kier alpha value is -1.68. The maximum atomic E-state index is 13.1. The molecule has 0 radical (unpaired) electrons. The zero-order valence-electron chi connectivity index (χ0n) is 13.5. The Morgan fingerprint density at radius 1 is 1.18 bits per heavy atom. The molecule has 3 aliphatic rings. The zero-order chi connectivity index (χ0) is 15.6. The first-order valence-electron chi connectivity index (χ1n) is 7.96. The van der Waals surface area contributed by atoms with E-state index < -0.39 is 0 Å². The van der Waals surface area contributed by atoms with E-state index in [4.69, 9.17) is 9.47 Å². The highest BCUT2D eigenvalue weighted by atomic mass is 16.5. The fraction of sp³-hybridized carbons (Fsp3) is 0.556. The highest BCUT2D eigenvalue weighted by Crippen LogP contribution is 2.54. The van der Waals surface area contributed by atoms with Crippen LogP contribution in [0.5, 0.6) is 0 Å². The van der Waals surface area contributed by atoms with Crippen LogP contribution in [-0.2, 0) is 14.3 Å². The Morgan fingerprint density at radius 2 is 1.86 bits per heavy atom. The van der Waals surface area contributed by atoms with Crippen molar-refractivity contribution in [3.8, 4) is 0 Å². The third-order valence-corrected chi connectivity index (χ3v) is 5.37. The molecule has 1 aromatic heterocycles.